The first kappa shape index (κ1) is 24.2. The summed E-state index contributed by atoms with van der Waals surface area (Å²) in [4.78, 5) is 15.5. The van der Waals surface area contributed by atoms with Crippen molar-refractivity contribution < 1.29 is 13.2 Å². The summed E-state index contributed by atoms with van der Waals surface area (Å²) in [5.74, 6) is -0.0347. The first-order valence-corrected chi connectivity index (χ1v) is 13.9. The van der Waals surface area contributed by atoms with Crippen molar-refractivity contribution in [3.63, 3.8) is 0 Å². The van der Waals surface area contributed by atoms with E-state index in [1.165, 1.54) is 30.1 Å². The molecule has 3 heterocycles. The predicted octanol–water partition coefficient (Wildman–Crippen LogP) is 3.44. The first-order valence-electron chi connectivity index (χ1n) is 12.5. The maximum Gasteiger partial charge on any atom is 0.243 e. The van der Waals surface area contributed by atoms with Crippen molar-refractivity contribution in [1.29, 1.82) is 0 Å². The highest BCUT2D eigenvalue weighted by Crippen LogP contribution is 2.27. The van der Waals surface area contributed by atoms with Gasteiger partial charge in [0.25, 0.3) is 0 Å². The molecule has 1 aromatic heterocycles. The third-order valence-electron chi connectivity index (χ3n) is 7.41. The Kier molecular flexibility index (Phi) is 7.76. The first-order chi connectivity index (χ1) is 15.9. The lowest BCUT2D eigenvalue weighted by molar-refractivity contribution is -0.126. The van der Waals surface area contributed by atoms with Gasteiger partial charge >= 0.3 is 0 Å². The van der Waals surface area contributed by atoms with Gasteiger partial charge in [0.15, 0.2) is 0 Å². The number of carbonyl (C=O) groups is 1. The molecule has 2 aliphatic heterocycles. The smallest absolute Gasteiger partial charge is 0.243 e. The number of likely N-dealkylation sites (tertiary alicyclic amines) is 1. The average molecular weight is 475 g/mol. The predicted molar refractivity (Wildman–Crippen MR) is 132 cm³/mol. The molecule has 0 aliphatic carbocycles. The normalized spacial score (nSPS) is 21.5. The van der Waals surface area contributed by atoms with E-state index in [9.17, 15) is 13.2 Å². The molecule has 0 bridgehead atoms. The van der Waals surface area contributed by atoms with E-state index in [4.69, 9.17) is 0 Å². The Morgan fingerprint density at radius 2 is 1.88 bits per heavy atom. The minimum absolute atomic E-state index is 0.0704. The van der Waals surface area contributed by atoms with Crippen LogP contribution in [0.5, 0.6) is 0 Å². The Morgan fingerprint density at radius 3 is 2.61 bits per heavy atom. The number of hydrogen-bond donors (Lipinski definition) is 1. The Bertz CT molecular complexity index is 1060. The van der Waals surface area contributed by atoms with Crippen LogP contribution in [0, 0.1) is 5.92 Å². The van der Waals surface area contributed by atoms with Crippen molar-refractivity contribution in [2.75, 3.05) is 32.7 Å². The quantitative estimate of drug-likeness (QED) is 0.595. The highest BCUT2D eigenvalue weighted by Gasteiger charge is 2.32. The van der Waals surface area contributed by atoms with Crippen LogP contribution in [0.2, 0.25) is 0 Å². The maximum absolute atomic E-state index is 13.2. The molecule has 0 saturated carbocycles. The number of amides is 1. The van der Waals surface area contributed by atoms with Crippen LogP contribution in [0.3, 0.4) is 0 Å². The summed E-state index contributed by atoms with van der Waals surface area (Å²) < 4.78 is 30.0. The van der Waals surface area contributed by atoms with E-state index in [1.54, 1.807) is 12.1 Å². The molecule has 1 atom stereocenters. The van der Waals surface area contributed by atoms with Crippen LogP contribution >= 0.6 is 0 Å². The second-order valence-corrected chi connectivity index (χ2v) is 11.5. The summed E-state index contributed by atoms with van der Waals surface area (Å²) in [6.45, 7) is 8.88. The molecule has 2 fully saturated rings. The second-order valence-electron chi connectivity index (χ2n) is 9.53. The zero-order chi connectivity index (χ0) is 23.4. The molecule has 2 saturated heterocycles. The van der Waals surface area contributed by atoms with Crippen molar-refractivity contribution in [1.82, 2.24) is 19.1 Å². The molecule has 1 N–H and O–H groups in total. The van der Waals surface area contributed by atoms with Gasteiger partial charge < -0.3 is 14.8 Å². The number of fused-ring (bicyclic) bond motifs is 1. The van der Waals surface area contributed by atoms with Crippen molar-refractivity contribution in [3.05, 3.63) is 30.5 Å². The van der Waals surface area contributed by atoms with Crippen LogP contribution in [-0.4, -0.2) is 66.9 Å². The van der Waals surface area contributed by atoms with Gasteiger partial charge in [0.1, 0.15) is 0 Å². The van der Waals surface area contributed by atoms with Crippen LogP contribution < -0.4 is 5.32 Å². The monoisotopic (exact) mass is 474 g/mol. The topological polar surface area (TPSA) is 74.6 Å². The fourth-order valence-electron chi connectivity index (χ4n) is 5.25. The number of rotatable bonds is 8. The van der Waals surface area contributed by atoms with Gasteiger partial charge in [-0.05, 0) is 76.8 Å². The number of carbonyl (C=O) groups excluding carboxylic acids is 1. The molecule has 182 valence electrons. The van der Waals surface area contributed by atoms with Crippen molar-refractivity contribution in [3.8, 4) is 0 Å². The van der Waals surface area contributed by atoms with Gasteiger partial charge in [-0.25, -0.2) is 8.42 Å². The summed E-state index contributed by atoms with van der Waals surface area (Å²) in [5.41, 5.74) is 1.04. The molecule has 1 unspecified atom stereocenters. The average Bonchev–Trinajstić information content (AvgIpc) is 3.25. The minimum Gasteiger partial charge on any atom is -0.356 e. The molecular weight excluding hydrogens is 436 g/mol. The second kappa shape index (κ2) is 10.6. The number of nitrogens with one attached hydrogen (secondary N) is 1. The summed E-state index contributed by atoms with van der Waals surface area (Å²) in [7, 11) is -3.55. The Labute approximate surface area is 198 Å². The van der Waals surface area contributed by atoms with Gasteiger partial charge in [0.2, 0.25) is 15.9 Å². The van der Waals surface area contributed by atoms with Gasteiger partial charge in [-0.3, -0.25) is 4.79 Å². The van der Waals surface area contributed by atoms with Crippen LogP contribution in [0.1, 0.15) is 52.4 Å². The molecular formula is C25H38N4O3S. The lowest BCUT2D eigenvalue weighted by atomic mass is 9.97. The molecule has 33 heavy (non-hydrogen) atoms. The molecule has 0 radical (unpaired) electrons. The standard InChI is InChI=1S/C25H38N4O3S/c1-3-27-16-10-22-19-23(8-9-24(22)27)33(31,32)29-17-11-21(12-18-29)25(30)26-13-6-15-28-14-5-4-7-20(28)2/h8-10,16,19-21H,3-7,11-15,17-18H2,1-2H3,(H,26,30). The molecule has 4 rings (SSSR count). The van der Waals surface area contributed by atoms with Crippen LogP contribution in [0.25, 0.3) is 10.9 Å². The number of aromatic nitrogens is 1. The van der Waals surface area contributed by atoms with Crippen molar-refractivity contribution in [2.45, 2.75) is 69.9 Å². The van der Waals surface area contributed by atoms with Crippen LogP contribution in [0.4, 0.5) is 0 Å². The molecule has 1 amide bonds. The maximum atomic E-state index is 13.2. The van der Waals surface area contributed by atoms with Gasteiger partial charge in [0.05, 0.1) is 4.90 Å². The SMILES string of the molecule is CCn1ccc2cc(S(=O)(=O)N3CCC(C(=O)NCCCN4CCCCC4C)CC3)ccc21. The van der Waals surface area contributed by atoms with E-state index in [1.807, 2.05) is 18.3 Å². The minimum atomic E-state index is -3.55. The molecule has 7 nitrogen and oxygen atoms in total. The van der Waals surface area contributed by atoms with E-state index < -0.39 is 10.0 Å². The Hall–Kier alpha value is -1.90. The van der Waals surface area contributed by atoms with Crippen LogP contribution in [-0.2, 0) is 21.4 Å². The summed E-state index contributed by atoms with van der Waals surface area (Å²) >= 11 is 0. The zero-order valence-corrected chi connectivity index (χ0v) is 20.8. The molecule has 2 aliphatic rings. The van der Waals surface area contributed by atoms with E-state index in [-0.39, 0.29) is 11.8 Å². The third kappa shape index (κ3) is 5.44. The van der Waals surface area contributed by atoms with Gasteiger partial charge in [-0.2, -0.15) is 4.31 Å². The largest absolute Gasteiger partial charge is 0.356 e. The fourth-order valence-corrected chi connectivity index (χ4v) is 6.76. The Morgan fingerprint density at radius 1 is 1.09 bits per heavy atom. The van der Waals surface area contributed by atoms with Gasteiger partial charge in [-0.15, -0.1) is 0 Å². The summed E-state index contributed by atoms with van der Waals surface area (Å²) in [6.07, 6.45) is 7.96. The van der Waals surface area contributed by atoms with E-state index in [0.29, 0.717) is 43.4 Å². The number of hydrogen-bond acceptors (Lipinski definition) is 4. The molecule has 8 heteroatoms. The lowest BCUT2D eigenvalue weighted by Gasteiger charge is -2.33. The number of nitrogens with zero attached hydrogens (tertiary/aromatic N) is 3. The van der Waals surface area contributed by atoms with Gasteiger partial charge in [0, 0.05) is 61.8 Å². The highest BCUT2D eigenvalue weighted by atomic mass is 32.2. The Balaban J connectivity index is 1.26. The number of piperidine rings is 2. The van der Waals surface area contributed by atoms with E-state index in [0.717, 1.165) is 30.4 Å². The van der Waals surface area contributed by atoms with E-state index >= 15 is 0 Å². The van der Waals surface area contributed by atoms with Gasteiger partial charge in [-0.1, -0.05) is 6.42 Å². The lowest BCUT2D eigenvalue weighted by Crippen LogP contribution is -2.43. The number of aryl methyl sites for hydroxylation is 1. The molecule has 1 aromatic carbocycles. The van der Waals surface area contributed by atoms with Crippen LogP contribution in [0.15, 0.2) is 35.4 Å². The fraction of sp³-hybridized carbons (Fsp3) is 0.640. The summed E-state index contributed by atoms with van der Waals surface area (Å²) in [5, 5.41) is 4.02. The summed E-state index contributed by atoms with van der Waals surface area (Å²) in [6, 6.07) is 7.95. The highest BCUT2D eigenvalue weighted by molar-refractivity contribution is 7.89. The van der Waals surface area contributed by atoms with E-state index in [2.05, 4.69) is 28.6 Å². The van der Waals surface area contributed by atoms with Crippen molar-refractivity contribution >= 4 is 26.8 Å². The number of benzene rings is 1. The zero-order valence-electron chi connectivity index (χ0n) is 20.0. The third-order valence-corrected chi connectivity index (χ3v) is 9.30. The molecule has 0 spiro atoms. The molecule has 2 aromatic rings. The van der Waals surface area contributed by atoms with Crippen molar-refractivity contribution in [2.24, 2.45) is 5.92 Å². The number of sulfonamides is 1.